The summed E-state index contributed by atoms with van der Waals surface area (Å²) in [5, 5.41) is 2.18. The second-order valence-corrected chi connectivity index (χ2v) is 14.0. The van der Waals surface area contributed by atoms with Gasteiger partial charge in [0.2, 0.25) is 0 Å². The molecule has 1 aliphatic heterocycles. The van der Waals surface area contributed by atoms with E-state index < -0.39 is 11.0 Å². The zero-order valence-corrected chi connectivity index (χ0v) is 28.9. The van der Waals surface area contributed by atoms with Crippen molar-refractivity contribution in [3.8, 4) is 39.5 Å². The number of rotatable bonds is 4. The number of hydrogen-bond acceptors (Lipinski definition) is 3. The van der Waals surface area contributed by atoms with E-state index in [1.807, 2.05) is 12.1 Å². The first-order valence-corrected chi connectivity index (χ1v) is 17.6. The zero-order valence-electron chi connectivity index (χ0n) is 28.9. The van der Waals surface area contributed by atoms with Crippen LogP contribution in [0.15, 0.2) is 146 Å². The predicted octanol–water partition coefficient (Wildman–Crippen LogP) is 11.1. The maximum atomic E-state index is 7.67. The molecule has 3 heteroatoms. The Kier molecular flexibility index (Phi) is 6.41. The normalized spacial score (nSPS) is 17.2. The third-order valence-electron chi connectivity index (χ3n) is 11.5. The van der Waals surface area contributed by atoms with E-state index in [1.54, 1.807) is 14.2 Å². The van der Waals surface area contributed by atoms with Crippen LogP contribution in [-0.4, -0.2) is 14.2 Å². The third-order valence-corrected chi connectivity index (χ3v) is 11.5. The number of methoxy groups -OCH3 is 2. The highest BCUT2D eigenvalue weighted by atomic mass is 16.5. The van der Waals surface area contributed by atoms with Crippen molar-refractivity contribution in [1.82, 2.24) is 0 Å². The Balaban J connectivity index is 1.36. The SMILES string of the molecule is COc1ccc(C2(c3ccc(C)cc3)C=Cc3c4c(c5ccc(OC)cc5c3O2)-c2ccccc2CC42c3ccccc3-c3ccccc32)cc1. The average molecular weight is 661 g/mol. The Bertz CT molecular complexity index is 2510. The van der Waals surface area contributed by atoms with Crippen molar-refractivity contribution in [1.29, 1.82) is 0 Å². The van der Waals surface area contributed by atoms with Gasteiger partial charge < -0.3 is 14.2 Å². The summed E-state index contributed by atoms with van der Waals surface area (Å²) in [4.78, 5) is 0. The van der Waals surface area contributed by atoms with Crippen LogP contribution in [0.2, 0.25) is 0 Å². The van der Waals surface area contributed by atoms with Gasteiger partial charge in [0.05, 0.1) is 19.6 Å². The molecule has 10 rings (SSSR count). The van der Waals surface area contributed by atoms with Crippen LogP contribution in [0.4, 0.5) is 0 Å². The summed E-state index contributed by atoms with van der Waals surface area (Å²) in [6.07, 6.45) is 5.47. The van der Waals surface area contributed by atoms with Crippen LogP contribution >= 0.6 is 0 Å². The summed E-state index contributed by atoms with van der Waals surface area (Å²) >= 11 is 0. The molecule has 2 aliphatic carbocycles. The van der Waals surface area contributed by atoms with Gasteiger partial charge in [0.15, 0.2) is 5.60 Å². The van der Waals surface area contributed by atoms with Crippen molar-refractivity contribution in [3.05, 3.63) is 190 Å². The molecule has 7 aromatic carbocycles. The topological polar surface area (TPSA) is 27.7 Å². The van der Waals surface area contributed by atoms with Gasteiger partial charge in [-0.2, -0.15) is 0 Å². The summed E-state index contributed by atoms with van der Waals surface area (Å²) in [5.74, 6) is 2.46. The van der Waals surface area contributed by atoms with Crippen LogP contribution < -0.4 is 14.2 Å². The minimum atomic E-state index is -0.886. The zero-order chi connectivity index (χ0) is 34.3. The summed E-state index contributed by atoms with van der Waals surface area (Å²) in [6.45, 7) is 2.12. The van der Waals surface area contributed by atoms with Crippen LogP contribution in [-0.2, 0) is 17.4 Å². The van der Waals surface area contributed by atoms with E-state index in [2.05, 4.69) is 146 Å². The van der Waals surface area contributed by atoms with Gasteiger partial charge in [-0.05, 0) is 99.6 Å². The predicted molar refractivity (Wildman–Crippen MR) is 206 cm³/mol. The lowest BCUT2D eigenvalue weighted by molar-refractivity contribution is 0.163. The van der Waals surface area contributed by atoms with Crippen LogP contribution in [0.5, 0.6) is 17.2 Å². The summed E-state index contributed by atoms with van der Waals surface area (Å²) in [7, 11) is 3.44. The molecule has 7 aromatic rings. The number of aryl methyl sites for hydroxylation is 1. The Morgan fingerprint density at radius 3 is 1.84 bits per heavy atom. The molecule has 3 nitrogen and oxygen atoms in total. The Morgan fingerprint density at radius 1 is 0.588 bits per heavy atom. The summed E-state index contributed by atoms with van der Waals surface area (Å²) < 4.78 is 19.1. The Labute approximate surface area is 298 Å². The van der Waals surface area contributed by atoms with Crippen molar-refractivity contribution in [3.63, 3.8) is 0 Å². The molecule has 0 saturated carbocycles. The number of hydrogen-bond donors (Lipinski definition) is 0. The van der Waals surface area contributed by atoms with Crippen molar-refractivity contribution in [2.75, 3.05) is 14.2 Å². The van der Waals surface area contributed by atoms with Gasteiger partial charge in [0, 0.05) is 22.1 Å². The van der Waals surface area contributed by atoms with Gasteiger partial charge in [-0.25, -0.2) is 0 Å². The standard InChI is InChI=1S/C48H36O3/c1-30-16-18-32(19-17-30)48(33-20-22-34(49-2)23-21-33)27-26-40-45-44(39-25-24-35(50-3)28-41(39)46(40)51-48)36-11-5-4-10-31(36)29-47(45)42-14-8-6-12-37(42)38-13-7-9-15-43(38)47/h4-28H,29H2,1-3H3. The third kappa shape index (κ3) is 4.06. The fraction of sp³-hybridized carbons (Fsp3) is 0.125. The highest BCUT2D eigenvalue weighted by Crippen LogP contribution is 2.63. The molecule has 0 aromatic heterocycles. The van der Waals surface area contributed by atoms with E-state index in [9.17, 15) is 0 Å². The first-order chi connectivity index (χ1) is 25.1. The molecule has 0 fully saturated rings. The molecule has 0 N–H and O–H groups in total. The molecule has 1 spiro atoms. The van der Waals surface area contributed by atoms with E-state index in [-0.39, 0.29) is 0 Å². The second kappa shape index (κ2) is 11.0. The molecule has 0 amide bonds. The molecular formula is C48H36O3. The molecule has 0 bridgehead atoms. The fourth-order valence-corrected chi connectivity index (χ4v) is 9.17. The number of ether oxygens (including phenoxy) is 3. The minimum Gasteiger partial charge on any atom is -0.497 e. The number of benzene rings is 7. The fourth-order valence-electron chi connectivity index (χ4n) is 9.17. The highest BCUT2D eigenvalue weighted by Gasteiger charge is 2.51. The van der Waals surface area contributed by atoms with Crippen molar-refractivity contribution in [2.45, 2.75) is 24.4 Å². The quantitative estimate of drug-likeness (QED) is 0.188. The highest BCUT2D eigenvalue weighted by molar-refractivity contribution is 6.09. The summed E-state index contributed by atoms with van der Waals surface area (Å²) in [6, 6.07) is 50.4. The molecule has 0 radical (unpaired) electrons. The van der Waals surface area contributed by atoms with Gasteiger partial charge in [0.25, 0.3) is 0 Å². The molecule has 246 valence electrons. The molecule has 51 heavy (non-hydrogen) atoms. The maximum absolute atomic E-state index is 7.67. The van der Waals surface area contributed by atoms with E-state index in [0.29, 0.717) is 0 Å². The number of fused-ring (bicyclic) bond motifs is 14. The second-order valence-electron chi connectivity index (χ2n) is 14.0. The van der Waals surface area contributed by atoms with Crippen LogP contribution in [0.1, 0.15) is 44.5 Å². The van der Waals surface area contributed by atoms with Gasteiger partial charge in [-0.15, -0.1) is 0 Å². The summed E-state index contributed by atoms with van der Waals surface area (Å²) in [5.41, 5.74) is 13.6. The van der Waals surface area contributed by atoms with Crippen molar-refractivity contribution < 1.29 is 14.2 Å². The van der Waals surface area contributed by atoms with Crippen LogP contribution in [0.25, 0.3) is 39.1 Å². The lowest BCUT2D eigenvalue weighted by atomic mass is 9.60. The van der Waals surface area contributed by atoms with Gasteiger partial charge in [-0.3, -0.25) is 0 Å². The monoisotopic (exact) mass is 660 g/mol. The molecular weight excluding hydrogens is 625 g/mol. The van der Waals surface area contributed by atoms with Crippen LogP contribution in [0, 0.1) is 6.92 Å². The Hall–Kier alpha value is -6.06. The van der Waals surface area contributed by atoms with Gasteiger partial charge in [0.1, 0.15) is 17.2 Å². The first-order valence-electron chi connectivity index (χ1n) is 17.6. The smallest absolute Gasteiger partial charge is 0.178 e. The van der Waals surface area contributed by atoms with E-state index in [0.717, 1.165) is 51.1 Å². The molecule has 1 atom stereocenters. The van der Waals surface area contributed by atoms with Gasteiger partial charge >= 0.3 is 0 Å². The lowest BCUT2D eigenvalue weighted by Crippen LogP contribution is -2.38. The first kappa shape index (κ1) is 29.8. The van der Waals surface area contributed by atoms with Crippen molar-refractivity contribution >= 4 is 16.8 Å². The molecule has 1 heterocycles. The molecule has 1 unspecified atom stereocenters. The van der Waals surface area contributed by atoms with E-state index in [4.69, 9.17) is 14.2 Å². The lowest BCUT2D eigenvalue weighted by Gasteiger charge is -2.44. The average Bonchev–Trinajstić information content (AvgIpc) is 3.47. The Morgan fingerprint density at radius 2 is 1.18 bits per heavy atom. The van der Waals surface area contributed by atoms with Gasteiger partial charge in [-0.1, -0.05) is 121 Å². The van der Waals surface area contributed by atoms with E-state index >= 15 is 0 Å². The van der Waals surface area contributed by atoms with E-state index in [1.165, 1.54) is 50.1 Å². The maximum Gasteiger partial charge on any atom is 0.178 e. The minimum absolute atomic E-state index is 0.424. The molecule has 0 saturated heterocycles. The largest absolute Gasteiger partial charge is 0.497 e. The van der Waals surface area contributed by atoms with Crippen LogP contribution in [0.3, 0.4) is 0 Å². The van der Waals surface area contributed by atoms with Crippen molar-refractivity contribution in [2.24, 2.45) is 0 Å². The molecule has 3 aliphatic rings.